The third-order valence-corrected chi connectivity index (χ3v) is 5.85. The molecule has 1 aliphatic heterocycles. The summed E-state index contributed by atoms with van der Waals surface area (Å²) in [5.41, 5.74) is 1.95. The van der Waals surface area contributed by atoms with E-state index < -0.39 is 0 Å². The fraction of sp³-hybridized carbons (Fsp3) is 0.292. The van der Waals surface area contributed by atoms with Crippen molar-refractivity contribution in [2.75, 3.05) is 49.5 Å². The minimum atomic E-state index is -0.196. The zero-order valence-electron chi connectivity index (χ0n) is 17.1. The number of rotatable bonds is 6. The number of amides is 1. The number of piperazine rings is 1. The minimum absolute atomic E-state index is 0.0631. The van der Waals surface area contributed by atoms with Gasteiger partial charge in [0.1, 0.15) is 5.75 Å². The molecule has 1 aliphatic rings. The van der Waals surface area contributed by atoms with E-state index in [0.717, 1.165) is 49.2 Å². The second-order valence-corrected chi connectivity index (χ2v) is 7.80. The highest BCUT2D eigenvalue weighted by molar-refractivity contribution is 6.35. The zero-order valence-corrected chi connectivity index (χ0v) is 17.9. The maximum absolute atomic E-state index is 12.4. The van der Waals surface area contributed by atoms with Crippen molar-refractivity contribution >= 4 is 39.7 Å². The first kappa shape index (κ1) is 20.5. The van der Waals surface area contributed by atoms with Gasteiger partial charge >= 0.3 is 0 Å². The molecule has 1 amide bonds. The number of nitrogens with zero attached hydrogens (tertiary/aromatic N) is 2. The molecule has 1 N–H and O–H groups in total. The highest BCUT2D eigenvalue weighted by Gasteiger charge is 2.16. The Kier molecular flexibility index (Phi) is 6.41. The fourth-order valence-electron chi connectivity index (χ4n) is 3.78. The van der Waals surface area contributed by atoms with Crippen molar-refractivity contribution in [3.8, 4) is 5.75 Å². The molecular weight excluding hydrogens is 398 g/mol. The van der Waals surface area contributed by atoms with E-state index in [0.29, 0.717) is 10.8 Å². The Labute approximate surface area is 182 Å². The average molecular weight is 424 g/mol. The van der Waals surface area contributed by atoms with Crippen LogP contribution in [0.2, 0.25) is 5.02 Å². The van der Waals surface area contributed by atoms with Crippen LogP contribution in [0.15, 0.2) is 60.7 Å². The molecule has 0 unspecified atom stereocenters. The van der Waals surface area contributed by atoms with Crippen molar-refractivity contribution in [1.29, 1.82) is 0 Å². The summed E-state index contributed by atoms with van der Waals surface area (Å²) in [6.07, 6.45) is 0. The average Bonchev–Trinajstić information content (AvgIpc) is 2.79. The number of hydrogen-bond acceptors (Lipinski definition) is 4. The SMILES string of the molecule is CCN1CCN(c2ccc(NC(=O)COc3ccc(Cl)c4ccccc34)cc2)CC1. The third kappa shape index (κ3) is 4.69. The van der Waals surface area contributed by atoms with E-state index in [2.05, 4.69) is 34.2 Å². The Balaban J connectivity index is 1.33. The van der Waals surface area contributed by atoms with Crippen molar-refractivity contribution in [3.05, 3.63) is 65.7 Å². The van der Waals surface area contributed by atoms with Crippen LogP contribution in [0.5, 0.6) is 5.75 Å². The summed E-state index contributed by atoms with van der Waals surface area (Å²) >= 11 is 6.24. The molecule has 4 rings (SSSR count). The monoisotopic (exact) mass is 423 g/mol. The standard InChI is InChI=1S/C24H26ClN3O2/c1-2-27-13-15-28(16-14-27)19-9-7-18(8-10-19)26-24(29)17-30-23-12-11-22(25)20-5-3-4-6-21(20)23/h3-12H,2,13-17H2,1H3,(H,26,29). The highest BCUT2D eigenvalue weighted by Crippen LogP contribution is 2.31. The topological polar surface area (TPSA) is 44.8 Å². The van der Waals surface area contributed by atoms with Gasteiger partial charge in [-0.15, -0.1) is 0 Å². The summed E-state index contributed by atoms with van der Waals surface area (Å²) in [5.74, 6) is 0.449. The molecule has 3 aromatic carbocycles. The van der Waals surface area contributed by atoms with Crippen molar-refractivity contribution in [2.45, 2.75) is 6.92 Å². The first-order valence-corrected chi connectivity index (χ1v) is 10.7. The summed E-state index contributed by atoms with van der Waals surface area (Å²) in [5, 5.41) is 5.37. The number of fused-ring (bicyclic) bond motifs is 1. The fourth-order valence-corrected chi connectivity index (χ4v) is 4.01. The predicted molar refractivity (Wildman–Crippen MR) is 124 cm³/mol. The zero-order chi connectivity index (χ0) is 20.9. The molecule has 0 atom stereocenters. The summed E-state index contributed by atoms with van der Waals surface area (Å²) < 4.78 is 5.76. The van der Waals surface area contributed by atoms with Gasteiger partial charge in [0, 0.05) is 53.3 Å². The molecule has 1 fully saturated rings. The van der Waals surface area contributed by atoms with Crippen LogP contribution in [-0.2, 0) is 4.79 Å². The van der Waals surface area contributed by atoms with E-state index in [1.54, 1.807) is 12.1 Å². The van der Waals surface area contributed by atoms with Gasteiger partial charge in [0.05, 0.1) is 0 Å². The minimum Gasteiger partial charge on any atom is -0.483 e. The Hall–Kier alpha value is -2.76. The van der Waals surface area contributed by atoms with Crippen LogP contribution >= 0.6 is 11.6 Å². The second-order valence-electron chi connectivity index (χ2n) is 7.40. The third-order valence-electron chi connectivity index (χ3n) is 5.53. The van der Waals surface area contributed by atoms with Crippen LogP contribution in [-0.4, -0.2) is 50.1 Å². The number of ether oxygens (including phenoxy) is 1. The summed E-state index contributed by atoms with van der Waals surface area (Å²) in [6.45, 7) is 7.48. The molecular formula is C24H26ClN3O2. The number of nitrogens with one attached hydrogen (secondary N) is 1. The molecule has 1 heterocycles. The maximum atomic E-state index is 12.4. The first-order valence-electron chi connectivity index (χ1n) is 10.3. The molecule has 6 heteroatoms. The molecule has 1 saturated heterocycles. The first-order chi connectivity index (χ1) is 14.6. The van der Waals surface area contributed by atoms with Gasteiger partial charge in [0.25, 0.3) is 5.91 Å². The van der Waals surface area contributed by atoms with E-state index in [1.165, 1.54) is 5.69 Å². The number of carbonyl (C=O) groups is 1. The number of hydrogen-bond donors (Lipinski definition) is 1. The molecule has 0 spiro atoms. The van der Waals surface area contributed by atoms with Crippen LogP contribution in [0.3, 0.4) is 0 Å². The molecule has 3 aromatic rings. The van der Waals surface area contributed by atoms with E-state index in [9.17, 15) is 4.79 Å². The largest absolute Gasteiger partial charge is 0.483 e. The van der Waals surface area contributed by atoms with Crippen molar-refractivity contribution in [3.63, 3.8) is 0 Å². The molecule has 0 aliphatic carbocycles. The summed E-state index contributed by atoms with van der Waals surface area (Å²) in [6, 6.07) is 19.3. The number of benzene rings is 3. The van der Waals surface area contributed by atoms with Gasteiger partial charge in [-0.3, -0.25) is 4.79 Å². The smallest absolute Gasteiger partial charge is 0.262 e. The van der Waals surface area contributed by atoms with Gasteiger partial charge in [-0.2, -0.15) is 0 Å². The summed E-state index contributed by atoms with van der Waals surface area (Å²) in [7, 11) is 0. The van der Waals surface area contributed by atoms with Gasteiger partial charge < -0.3 is 19.9 Å². The molecule has 30 heavy (non-hydrogen) atoms. The molecule has 0 aromatic heterocycles. The Morgan fingerprint density at radius 2 is 1.67 bits per heavy atom. The Morgan fingerprint density at radius 1 is 0.967 bits per heavy atom. The molecule has 5 nitrogen and oxygen atoms in total. The lowest BCUT2D eigenvalue weighted by Gasteiger charge is -2.35. The number of carbonyl (C=O) groups excluding carboxylic acids is 1. The van der Waals surface area contributed by atoms with Crippen LogP contribution in [0.1, 0.15) is 6.92 Å². The second kappa shape index (κ2) is 9.37. The number of likely N-dealkylation sites (N-methyl/N-ethyl adjacent to an activating group) is 1. The van der Waals surface area contributed by atoms with Gasteiger partial charge in [-0.05, 0) is 42.9 Å². The lowest BCUT2D eigenvalue weighted by molar-refractivity contribution is -0.118. The molecule has 0 bridgehead atoms. The molecule has 0 radical (unpaired) electrons. The van der Waals surface area contributed by atoms with E-state index in [4.69, 9.17) is 16.3 Å². The van der Waals surface area contributed by atoms with Crippen LogP contribution < -0.4 is 15.0 Å². The summed E-state index contributed by atoms with van der Waals surface area (Å²) in [4.78, 5) is 17.2. The van der Waals surface area contributed by atoms with Gasteiger partial charge in [0.15, 0.2) is 6.61 Å². The van der Waals surface area contributed by atoms with Gasteiger partial charge in [-0.25, -0.2) is 0 Å². The van der Waals surface area contributed by atoms with Crippen molar-refractivity contribution < 1.29 is 9.53 Å². The lowest BCUT2D eigenvalue weighted by Crippen LogP contribution is -2.46. The number of halogens is 1. The predicted octanol–water partition coefficient (Wildman–Crippen LogP) is 4.65. The Bertz CT molecular complexity index is 1010. The highest BCUT2D eigenvalue weighted by atomic mass is 35.5. The van der Waals surface area contributed by atoms with Gasteiger partial charge in [-0.1, -0.05) is 42.8 Å². The van der Waals surface area contributed by atoms with Crippen molar-refractivity contribution in [1.82, 2.24) is 4.90 Å². The number of anilines is 2. The van der Waals surface area contributed by atoms with Crippen LogP contribution in [0.4, 0.5) is 11.4 Å². The van der Waals surface area contributed by atoms with E-state index in [-0.39, 0.29) is 12.5 Å². The molecule has 156 valence electrons. The van der Waals surface area contributed by atoms with E-state index in [1.807, 2.05) is 36.4 Å². The van der Waals surface area contributed by atoms with E-state index >= 15 is 0 Å². The lowest BCUT2D eigenvalue weighted by atomic mass is 10.1. The molecule has 0 saturated carbocycles. The Morgan fingerprint density at radius 3 is 2.37 bits per heavy atom. The normalized spacial score (nSPS) is 14.7. The van der Waals surface area contributed by atoms with Crippen molar-refractivity contribution in [2.24, 2.45) is 0 Å². The van der Waals surface area contributed by atoms with Crippen LogP contribution in [0, 0.1) is 0 Å². The van der Waals surface area contributed by atoms with Gasteiger partial charge in [0.2, 0.25) is 0 Å². The van der Waals surface area contributed by atoms with Crippen LogP contribution in [0.25, 0.3) is 10.8 Å². The maximum Gasteiger partial charge on any atom is 0.262 e. The quantitative estimate of drug-likeness (QED) is 0.626.